The largest absolute Gasteiger partial charge is 0.505 e. The lowest BCUT2D eigenvalue weighted by atomic mass is 9.85. The molecule has 2 N–H and O–H groups in total. The summed E-state index contributed by atoms with van der Waals surface area (Å²) in [6.45, 7) is 4.67. The van der Waals surface area contributed by atoms with Crippen molar-refractivity contribution in [3.8, 4) is 5.75 Å². The predicted octanol–water partition coefficient (Wildman–Crippen LogP) is 2.81. The quantitative estimate of drug-likeness (QED) is 0.778. The van der Waals surface area contributed by atoms with E-state index in [0.717, 1.165) is 39.0 Å². The minimum absolute atomic E-state index is 0.0509. The lowest BCUT2D eigenvalue weighted by Crippen LogP contribution is -2.47. The van der Waals surface area contributed by atoms with Crippen molar-refractivity contribution >= 4 is 15.9 Å². The van der Waals surface area contributed by atoms with Gasteiger partial charge in [-0.2, -0.15) is 4.39 Å². The van der Waals surface area contributed by atoms with E-state index >= 15 is 0 Å². The molecule has 0 aromatic heterocycles. The van der Waals surface area contributed by atoms with Crippen molar-refractivity contribution in [2.45, 2.75) is 18.9 Å². The van der Waals surface area contributed by atoms with Crippen LogP contribution in [-0.4, -0.2) is 49.4 Å². The first kappa shape index (κ1) is 17.1. The van der Waals surface area contributed by atoms with E-state index in [4.69, 9.17) is 4.74 Å². The Morgan fingerprint density at radius 3 is 2.52 bits per heavy atom. The predicted molar refractivity (Wildman–Crippen MR) is 86.4 cm³/mol. The number of ether oxygens (including phenoxy) is 1. The second-order valence-corrected chi connectivity index (χ2v) is 6.96. The molecule has 3 rings (SSSR count). The topological polar surface area (TPSA) is 44.7 Å². The Balaban J connectivity index is 2.00. The standard InChI is InChI=1S/C16H21BrF2N2O2/c17-12-9-11(16(22)14(19)13(12)18)15(10-1-7-23-8-2-10)21-5-3-20-4-6-21/h9-10,15,20,22H,1-8H2/t15-/m1/s1. The number of hydrogen-bond donors (Lipinski definition) is 2. The number of halogens is 3. The molecule has 4 nitrogen and oxygen atoms in total. The van der Waals surface area contributed by atoms with Crippen molar-refractivity contribution in [2.24, 2.45) is 5.92 Å². The van der Waals surface area contributed by atoms with Gasteiger partial charge in [-0.15, -0.1) is 0 Å². The van der Waals surface area contributed by atoms with E-state index in [9.17, 15) is 13.9 Å². The van der Waals surface area contributed by atoms with Crippen molar-refractivity contribution in [3.05, 3.63) is 27.7 Å². The zero-order valence-electron chi connectivity index (χ0n) is 12.8. The number of nitrogens with zero attached hydrogens (tertiary/aromatic N) is 1. The second-order valence-electron chi connectivity index (χ2n) is 6.10. The Hall–Kier alpha value is -0.760. The van der Waals surface area contributed by atoms with Crippen LogP contribution in [0, 0.1) is 17.6 Å². The van der Waals surface area contributed by atoms with Gasteiger partial charge >= 0.3 is 0 Å². The Morgan fingerprint density at radius 1 is 1.22 bits per heavy atom. The van der Waals surface area contributed by atoms with Gasteiger partial charge in [0.2, 0.25) is 5.82 Å². The second kappa shape index (κ2) is 7.42. The van der Waals surface area contributed by atoms with Gasteiger partial charge < -0.3 is 15.2 Å². The molecule has 2 fully saturated rings. The molecule has 0 spiro atoms. The van der Waals surface area contributed by atoms with Crippen LogP contribution in [0.4, 0.5) is 8.78 Å². The van der Waals surface area contributed by atoms with Crippen molar-refractivity contribution in [1.29, 1.82) is 0 Å². The van der Waals surface area contributed by atoms with Crippen molar-refractivity contribution < 1.29 is 18.6 Å². The maximum Gasteiger partial charge on any atom is 0.201 e. The average molecular weight is 391 g/mol. The molecule has 0 radical (unpaired) electrons. The lowest BCUT2D eigenvalue weighted by Gasteiger charge is -2.41. The highest BCUT2D eigenvalue weighted by Crippen LogP contribution is 2.42. The highest BCUT2D eigenvalue weighted by molar-refractivity contribution is 9.10. The molecule has 1 atom stereocenters. The summed E-state index contributed by atoms with van der Waals surface area (Å²) in [5.41, 5.74) is 0.463. The number of rotatable bonds is 3. The Morgan fingerprint density at radius 2 is 1.87 bits per heavy atom. The highest BCUT2D eigenvalue weighted by Gasteiger charge is 2.34. The summed E-state index contributed by atoms with van der Waals surface area (Å²) in [4.78, 5) is 2.26. The average Bonchev–Trinajstić information content (AvgIpc) is 2.60. The molecular formula is C16H21BrF2N2O2. The van der Waals surface area contributed by atoms with Crippen LogP contribution in [0.5, 0.6) is 5.75 Å². The van der Waals surface area contributed by atoms with Gasteiger partial charge in [-0.1, -0.05) is 0 Å². The first-order chi connectivity index (χ1) is 11.1. The zero-order chi connectivity index (χ0) is 16.4. The SMILES string of the molecule is Oc1c([C@@H](C2CCOCC2)N2CCNCC2)cc(Br)c(F)c1F. The normalized spacial score (nSPS) is 22.2. The molecule has 2 heterocycles. The molecule has 0 aliphatic carbocycles. The number of hydrogen-bond acceptors (Lipinski definition) is 4. The molecule has 2 aliphatic heterocycles. The molecular weight excluding hydrogens is 370 g/mol. The molecule has 2 saturated heterocycles. The third-order valence-corrected chi connectivity index (χ3v) is 5.32. The molecule has 1 aromatic carbocycles. The molecule has 2 aliphatic rings. The highest BCUT2D eigenvalue weighted by atomic mass is 79.9. The van der Waals surface area contributed by atoms with E-state index < -0.39 is 17.4 Å². The van der Waals surface area contributed by atoms with E-state index in [1.54, 1.807) is 0 Å². The van der Waals surface area contributed by atoms with Gasteiger partial charge in [-0.3, -0.25) is 4.90 Å². The Kier molecular flexibility index (Phi) is 5.51. The monoisotopic (exact) mass is 390 g/mol. The zero-order valence-corrected chi connectivity index (χ0v) is 14.4. The molecule has 0 unspecified atom stereocenters. The van der Waals surface area contributed by atoms with E-state index in [1.807, 2.05) is 0 Å². The van der Waals surface area contributed by atoms with Gasteiger partial charge in [0.05, 0.1) is 4.47 Å². The molecule has 0 saturated carbocycles. The van der Waals surface area contributed by atoms with E-state index in [0.29, 0.717) is 18.8 Å². The smallest absolute Gasteiger partial charge is 0.201 e. The van der Waals surface area contributed by atoms with Crippen molar-refractivity contribution in [3.63, 3.8) is 0 Å². The maximum atomic E-state index is 14.0. The van der Waals surface area contributed by atoms with E-state index in [2.05, 4.69) is 26.1 Å². The fourth-order valence-corrected chi connectivity index (χ4v) is 3.99. The van der Waals surface area contributed by atoms with Gasteiger partial charge in [0, 0.05) is 51.0 Å². The summed E-state index contributed by atoms with van der Waals surface area (Å²) in [5, 5.41) is 13.5. The van der Waals surface area contributed by atoms with Crippen molar-refractivity contribution in [1.82, 2.24) is 10.2 Å². The van der Waals surface area contributed by atoms with Gasteiger partial charge in [0.15, 0.2) is 11.6 Å². The van der Waals surface area contributed by atoms with E-state index in [-0.39, 0.29) is 16.4 Å². The fraction of sp³-hybridized carbons (Fsp3) is 0.625. The summed E-state index contributed by atoms with van der Waals surface area (Å²) < 4.78 is 33.2. The van der Waals surface area contributed by atoms with Gasteiger partial charge in [-0.05, 0) is 40.8 Å². The summed E-state index contributed by atoms with van der Waals surface area (Å²) in [6.07, 6.45) is 1.70. The lowest BCUT2D eigenvalue weighted by molar-refractivity contribution is 0.0204. The molecule has 128 valence electrons. The fourth-order valence-electron chi connectivity index (χ4n) is 3.57. The molecule has 0 amide bonds. The third kappa shape index (κ3) is 3.52. The van der Waals surface area contributed by atoms with E-state index in [1.165, 1.54) is 6.07 Å². The number of aromatic hydroxyl groups is 1. The minimum atomic E-state index is -1.18. The van der Waals surface area contributed by atoms with Crippen LogP contribution < -0.4 is 5.32 Å². The van der Waals surface area contributed by atoms with Crippen LogP contribution in [0.2, 0.25) is 0 Å². The van der Waals surface area contributed by atoms with Crippen LogP contribution in [-0.2, 0) is 4.74 Å². The molecule has 7 heteroatoms. The van der Waals surface area contributed by atoms with Crippen LogP contribution in [0.15, 0.2) is 10.5 Å². The minimum Gasteiger partial charge on any atom is -0.505 e. The third-order valence-electron chi connectivity index (χ3n) is 4.74. The summed E-state index contributed by atoms with van der Waals surface area (Å²) in [7, 11) is 0. The van der Waals surface area contributed by atoms with Gasteiger partial charge in [-0.25, -0.2) is 4.39 Å². The van der Waals surface area contributed by atoms with Gasteiger partial charge in [0.25, 0.3) is 0 Å². The first-order valence-electron chi connectivity index (χ1n) is 7.98. The summed E-state index contributed by atoms with van der Waals surface area (Å²) in [6, 6.07) is 1.39. The molecule has 0 bridgehead atoms. The number of phenolic OH excluding ortho intramolecular Hbond substituents is 1. The Bertz CT molecular complexity index is 544. The Labute approximate surface area is 142 Å². The molecule has 1 aromatic rings. The number of nitrogens with one attached hydrogen (secondary N) is 1. The van der Waals surface area contributed by atoms with Crippen LogP contribution in [0.25, 0.3) is 0 Å². The summed E-state index contributed by atoms with van der Waals surface area (Å²) in [5.74, 6) is -2.54. The van der Waals surface area contributed by atoms with Crippen LogP contribution in [0.3, 0.4) is 0 Å². The maximum absolute atomic E-state index is 14.0. The van der Waals surface area contributed by atoms with Crippen LogP contribution >= 0.6 is 15.9 Å². The van der Waals surface area contributed by atoms with Gasteiger partial charge in [0.1, 0.15) is 0 Å². The van der Waals surface area contributed by atoms with Crippen LogP contribution in [0.1, 0.15) is 24.4 Å². The van der Waals surface area contributed by atoms with Crippen molar-refractivity contribution in [2.75, 3.05) is 39.4 Å². The number of piperazine rings is 1. The summed E-state index contributed by atoms with van der Waals surface area (Å²) >= 11 is 3.07. The first-order valence-corrected chi connectivity index (χ1v) is 8.77. The molecule has 23 heavy (non-hydrogen) atoms. The number of phenols is 1. The number of benzene rings is 1.